The fraction of sp³-hybridized carbons (Fsp3) is 0.375. The molecule has 0 aromatic heterocycles. The smallest absolute Gasteiger partial charge is 0.221 e. The Kier molecular flexibility index (Phi) is 6.33. The Labute approximate surface area is 177 Å². The van der Waals surface area contributed by atoms with Gasteiger partial charge in [0.05, 0.1) is 0 Å². The number of benzene rings is 2. The van der Waals surface area contributed by atoms with Crippen molar-refractivity contribution in [1.82, 2.24) is 10.2 Å². The standard InChI is InChI=1S/C24H29FN4O/c1-18(30)27-23-4-2-6-24(16-23)29-12-10-28(11-13-29)9-3-5-22-15-19-7-8-21(25)14-20(19)17-26-22/h2,4,6-8,14-16,26H,3,5,9-13,17H2,1H3,(H,27,30). The number of piperazine rings is 1. The third kappa shape index (κ3) is 5.19. The molecule has 0 saturated carbocycles. The molecule has 2 N–H and O–H groups in total. The number of rotatable bonds is 6. The predicted molar refractivity (Wildman–Crippen MR) is 120 cm³/mol. The molecular weight excluding hydrogens is 379 g/mol. The number of nitrogens with zero attached hydrogens (tertiary/aromatic N) is 2. The van der Waals surface area contributed by atoms with Crippen LogP contribution in [-0.4, -0.2) is 43.5 Å². The van der Waals surface area contributed by atoms with Crippen molar-refractivity contribution in [1.29, 1.82) is 0 Å². The van der Waals surface area contributed by atoms with E-state index < -0.39 is 0 Å². The fourth-order valence-electron chi connectivity index (χ4n) is 4.18. The second-order valence-corrected chi connectivity index (χ2v) is 8.03. The van der Waals surface area contributed by atoms with Crippen LogP contribution in [0.4, 0.5) is 15.8 Å². The van der Waals surface area contributed by atoms with Gasteiger partial charge in [-0.25, -0.2) is 4.39 Å². The Morgan fingerprint density at radius 2 is 1.97 bits per heavy atom. The lowest BCUT2D eigenvalue weighted by molar-refractivity contribution is -0.114. The highest BCUT2D eigenvalue weighted by Crippen LogP contribution is 2.23. The highest BCUT2D eigenvalue weighted by Gasteiger charge is 2.18. The summed E-state index contributed by atoms with van der Waals surface area (Å²) in [6.45, 7) is 7.37. The van der Waals surface area contributed by atoms with Gasteiger partial charge in [0.2, 0.25) is 5.91 Å². The molecule has 158 valence electrons. The van der Waals surface area contributed by atoms with Crippen molar-refractivity contribution in [2.45, 2.75) is 26.3 Å². The van der Waals surface area contributed by atoms with Gasteiger partial charge in [-0.05, 0) is 66.9 Å². The molecule has 2 aromatic rings. The summed E-state index contributed by atoms with van der Waals surface area (Å²) in [5, 5.41) is 6.28. The maximum absolute atomic E-state index is 13.3. The van der Waals surface area contributed by atoms with E-state index in [0.717, 1.165) is 68.1 Å². The normalized spacial score (nSPS) is 16.5. The highest BCUT2D eigenvalue weighted by molar-refractivity contribution is 5.89. The largest absolute Gasteiger partial charge is 0.384 e. The second kappa shape index (κ2) is 9.30. The molecule has 1 saturated heterocycles. The molecule has 0 aliphatic carbocycles. The van der Waals surface area contributed by atoms with Crippen LogP contribution in [0.1, 0.15) is 30.9 Å². The van der Waals surface area contributed by atoms with Crippen molar-refractivity contribution < 1.29 is 9.18 Å². The Morgan fingerprint density at radius 3 is 2.77 bits per heavy atom. The van der Waals surface area contributed by atoms with Gasteiger partial charge in [0, 0.05) is 56.7 Å². The molecule has 2 aromatic carbocycles. The maximum atomic E-state index is 13.3. The SMILES string of the molecule is CC(=O)Nc1cccc(N2CCN(CCCC3=Cc4ccc(F)cc4CN3)CC2)c1. The maximum Gasteiger partial charge on any atom is 0.221 e. The summed E-state index contributed by atoms with van der Waals surface area (Å²) in [6.07, 6.45) is 4.27. The monoisotopic (exact) mass is 408 g/mol. The number of hydrogen-bond donors (Lipinski definition) is 2. The van der Waals surface area contributed by atoms with Gasteiger partial charge in [-0.15, -0.1) is 0 Å². The summed E-state index contributed by atoms with van der Waals surface area (Å²) in [6, 6.07) is 13.1. The van der Waals surface area contributed by atoms with E-state index in [-0.39, 0.29) is 11.7 Å². The first kappa shape index (κ1) is 20.4. The van der Waals surface area contributed by atoms with Crippen LogP contribution in [0, 0.1) is 5.82 Å². The summed E-state index contributed by atoms with van der Waals surface area (Å²) in [7, 11) is 0. The van der Waals surface area contributed by atoms with Gasteiger partial charge in [-0.3, -0.25) is 9.69 Å². The molecule has 2 aliphatic rings. The van der Waals surface area contributed by atoms with E-state index in [9.17, 15) is 9.18 Å². The Morgan fingerprint density at radius 1 is 1.13 bits per heavy atom. The summed E-state index contributed by atoms with van der Waals surface area (Å²) < 4.78 is 13.3. The minimum absolute atomic E-state index is 0.0461. The van der Waals surface area contributed by atoms with E-state index in [1.165, 1.54) is 18.7 Å². The van der Waals surface area contributed by atoms with Crippen molar-refractivity contribution in [3.8, 4) is 0 Å². The molecule has 1 fully saturated rings. The molecule has 0 spiro atoms. The molecule has 6 heteroatoms. The number of allylic oxidation sites excluding steroid dienone is 1. The van der Waals surface area contributed by atoms with E-state index in [1.54, 1.807) is 6.07 Å². The van der Waals surface area contributed by atoms with E-state index in [2.05, 4.69) is 32.6 Å². The van der Waals surface area contributed by atoms with E-state index in [0.29, 0.717) is 6.54 Å². The van der Waals surface area contributed by atoms with E-state index in [1.807, 2.05) is 24.3 Å². The Balaban J connectivity index is 1.23. The van der Waals surface area contributed by atoms with Crippen molar-refractivity contribution in [3.63, 3.8) is 0 Å². The first-order valence-electron chi connectivity index (χ1n) is 10.6. The van der Waals surface area contributed by atoms with Gasteiger partial charge in [0.25, 0.3) is 0 Å². The van der Waals surface area contributed by atoms with Crippen molar-refractivity contribution in [2.75, 3.05) is 42.9 Å². The third-order valence-electron chi connectivity index (χ3n) is 5.77. The van der Waals surface area contributed by atoms with Gasteiger partial charge >= 0.3 is 0 Å². The second-order valence-electron chi connectivity index (χ2n) is 8.03. The summed E-state index contributed by atoms with van der Waals surface area (Å²) >= 11 is 0. The molecule has 1 amide bonds. The van der Waals surface area contributed by atoms with Gasteiger partial charge in [0.1, 0.15) is 5.82 Å². The van der Waals surface area contributed by atoms with Gasteiger partial charge in [-0.1, -0.05) is 12.1 Å². The molecule has 2 heterocycles. The minimum atomic E-state index is -0.173. The average Bonchev–Trinajstić information content (AvgIpc) is 2.74. The fourth-order valence-corrected chi connectivity index (χ4v) is 4.18. The van der Waals surface area contributed by atoms with Crippen LogP contribution in [0.5, 0.6) is 0 Å². The summed E-state index contributed by atoms with van der Waals surface area (Å²) in [5.74, 6) is -0.219. The zero-order valence-corrected chi connectivity index (χ0v) is 17.5. The number of hydrogen-bond acceptors (Lipinski definition) is 4. The zero-order chi connectivity index (χ0) is 20.9. The zero-order valence-electron chi connectivity index (χ0n) is 17.5. The van der Waals surface area contributed by atoms with E-state index >= 15 is 0 Å². The van der Waals surface area contributed by atoms with Crippen LogP contribution in [0.15, 0.2) is 48.2 Å². The molecule has 0 unspecified atom stereocenters. The first-order chi connectivity index (χ1) is 14.6. The lowest BCUT2D eigenvalue weighted by atomic mass is 10.0. The Hall–Kier alpha value is -2.86. The molecule has 30 heavy (non-hydrogen) atoms. The minimum Gasteiger partial charge on any atom is -0.384 e. The summed E-state index contributed by atoms with van der Waals surface area (Å²) in [4.78, 5) is 16.2. The number of fused-ring (bicyclic) bond motifs is 1. The number of nitrogens with one attached hydrogen (secondary N) is 2. The number of carbonyl (C=O) groups excluding carboxylic acids is 1. The Bertz CT molecular complexity index is 935. The number of halogens is 1. The number of amides is 1. The van der Waals surface area contributed by atoms with Crippen LogP contribution < -0.4 is 15.5 Å². The topological polar surface area (TPSA) is 47.6 Å². The van der Waals surface area contributed by atoms with E-state index in [4.69, 9.17) is 0 Å². The van der Waals surface area contributed by atoms with Gasteiger partial charge < -0.3 is 15.5 Å². The lowest BCUT2D eigenvalue weighted by Crippen LogP contribution is -2.46. The van der Waals surface area contributed by atoms with Crippen LogP contribution in [-0.2, 0) is 11.3 Å². The summed E-state index contributed by atoms with van der Waals surface area (Å²) in [5.41, 5.74) is 5.40. The van der Waals surface area contributed by atoms with Crippen LogP contribution in [0.2, 0.25) is 0 Å². The predicted octanol–water partition coefficient (Wildman–Crippen LogP) is 3.83. The van der Waals surface area contributed by atoms with Gasteiger partial charge in [0.15, 0.2) is 0 Å². The number of anilines is 2. The molecule has 5 nitrogen and oxygen atoms in total. The highest BCUT2D eigenvalue weighted by atomic mass is 19.1. The van der Waals surface area contributed by atoms with Crippen LogP contribution in [0.25, 0.3) is 6.08 Å². The quantitative estimate of drug-likeness (QED) is 0.763. The third-order valence-corrected chi connectivity index (χ3v) is 5.77. The molecular formula is C24H29FN4O. The van der Waals surface area contributed by atoms with Crippen molar-refractivity contribution in [3.05, 3.63) is 65.1 Å². The number of carbonyl (C=O) groups is 1. The van der Waals surface area contributed by atoms with Crippen LogP contribution in [0.3, 0.4) is 0 Å². The molecule has 0 bridgehead atoms. The lowest BCUT2D eigenvalue weighted by Gasteiger charge is -2.36. The van der Waals surface area contributed by atoms with Crippen molar-refractivity contribution in [2.24, 2.45) is 0 Å². The average molecular weight is 409 g/mol. The molecule has 2 aliphatic heterocycles. The molecule has 0 atom stereocenters. The first-order valence-corrected chi connectivity index (χ1v) is 10.6. The van der Waals surface area contributed by atoms with Gasteiger partial charge in [-0.2, -0.15) is 0 Å². The molecule has 0 radical (unpaired) electrons. The van der Waals surface area contributed by atoms with Crippen molar-refractivity contribution >= 4 is 23.4 Å². The molecule has 4 rings (SSSR count). The van der Waals surface area contributed by atoms with Crippen LogP contribution >= 0.6 is 0 Å².